The van der Waals surface area contributed by atoms with E-state index in [1.165, 1.54) is 12.1 Å². The number of nitrogens with one attached hydrogen (secondary N) is 1. The largest absolute Gasteiger partial charge is 0.466 e. The van der Waals surface area contributed by atoms with E-state index in [1.54, 1.807) is 24.8 Å². The Hall–Kier alpha value is -3.25. The molecule has 0 spiro atoms. The third-order valence-electron chi connectivity index (χ3n) is 5.09. The van der Waals surface area contributed by atoms with Crippen LogP contribution in [0, 0.1) is 25.7 Å². The van der Waals surface area contributed by atoms with Crippen LogP contribution in [0.3, 0.4) is 0 Å². The fourth-order valence-electron chi connectivity index (χ4n) is 3.44. The Bertz CT molecular complexity index is 1040. The van der Waals surface area contributed by atoms with Gasteiger partial charge in [0.15, 0.2) is 0 Å². The normalized spacial score (nSPS) is 14.6. The third-order valence-corrected chi connectivity index (χ3v) is 5.09. The number of hydrogen-bond acceptors (Lipinski definition) is 4. The first-order chi connectivity index (χ1) is 15.1. The molecule has 1 aliphatic heterocycles. The van der Waals surface area contributed by atoms with Crippen LogP contribution in [-0.2, 0) is 11.0 Å². The van der Waals surface area contributed by atoms with Crippen LogP contribution in [0.4, 0.5) is 13.2 Å². The minimum absolute atomic E-state index is 0.0344. The second kappa shape index (κ2) is 9.92. The van der Waals surface area contributed by atoms with Gasteiger partial charge in [-0.15, -0.1) is 0 Å². The molecule has 170 valence electrons. The Morgan fingerprint density at radius 1 is 1.12 bits per heavy atom. The van der Waals surface area contributed by atoms with Gasteiger partial charge in [0.1, 0.15) is 11.5 Å². The predicted octanol–water partition coefficient (Wildman–Crippen LogP) is 2.84. The first-order valence-corrected chi connectivity index (χ1v) is 10.1. The first-order valence-electron chi connectivity index (χ1n) is 10.1. The van der Waals surface area contributed by atoms with Crippen molar-refractivity contribution in [2.75, 3.05) is 39.3 Å². The van der Waals surface area contributed by atoms with Gasteiger partial charge in [0, 0.05) is 31.7 Å². The van der Waals surface area contributed by atoms with Crippen molar-refractivity contribution in [3.63, 3.8) is 0 Å². The maximum absolute atomic E-state index is 12.7. The quantitative estimate of drug-likeness (QED) is 0.733. The van der Waals surface area contributed by atoms with Gasteiger partial charge in [0.05, 0.1) is 24.2 Å². The summed E-state index contributed by atoms with van der Waals surface area (Å²) < 4.78 is 43.6. The first kappa shape index (κ1) is 23.4. The summed E-state index contributed by atoms with van der Waals surface area (Å²) in [6.45, 7) is 5.89. The highest BCUT2D eigenvalue weighted by molar-refractivity contribution is 5.95. The van der Waals surface area contributed by atoms with Gasteiger partial charge in [-0.05, 0) is 38.1 Å². The van der Waals surface area contributed by atoms with E-state index < -0.39 is 11.7 Å². The zero-order valence-corrected chi connectivity index (χ0v) is 17.9. The molecule has 9 heteroatoms. The molecule has 0 aliphatic carbocycles. The van der Waals surface area contributed by atoms with Crippen LogP contribution in [0.2, 0.25) is 0 Å². The summed E-state index contributed by atoms with van der Waals surface area (Å²) in [7, 11) is 0. The summed E-state index contributed by atoms with van der Waals surface area (Å²) in [5.41, 5.74) is 0.0370. The number of halogens is 3. The van der Waals surface area contributed by atoms with Gasteiger partial charge in [0.25, 0.3) is 5.91 Å². The number of aryl methyl sites for hydroxylation is 2. The van der Waals surface area contributed by atoms with Crippen molar-refractivity contribution >= 4 is 11.8 Å². The lowest BCUT2D eigenvalue weighted by Gasteiger charge is -2.34. The average Bonchev–Trinajstić information content (AvgIpc) is 3.09. The standard InChI is InChI=1S/C23H24F3N3O3/c1-16-13-20(17(2)32-16)22(31)29-11-9-28(10-12-29)15-21(30)27-8-4-6-18-5-3-7-19(14-18)23(24,25)26/h3,5,7,13-14H,8-12,15H2,1-2H3,(H,27,30). The van der Waals surface area contributed by atoms with E-state index in [0.717, 1.165) is 12.1 Å². The van der Waals surface area contributed by atoms with Crippen molar-refractivity contribution in [3.8, 4) is 11.8 Å². The van der Waals surface area contributed by atoms with Crippen LogP contribution >= 0.6 is 0 Å². The van der Waals surface area contributed by atoms with Crippen LogP contribution in [0.25, 0.3) is 0 Å². The smallest absolute Gasteiger partial charge is 0.416 e. The lowest BCUT2D eigenvalue weighted by Crippen LogP contribution is -2.51. The highest BCUT2D eigenvalue weighted by Gasteiger charge is 2.30. The van der Waals surface area contributed by atoms with E-state index in [4.69, 9.17) is 4.42 Å². The SMILES string of the molecule is Cc1cc(C(=O)N2CCN(CC(=O)NCC#Cc3cccc(C(F)(F)F)c3)CC2)c(C)o1. The number of piperazine rings is 1. The van der Waals surface area contributed by atoms with E-state index in [9.17, 15) is 22.8 Å². The number of hydrogen-bond donors (Lipinski definition) is 1. The molecule has 3 rings (SSSR count). The van der Waals surface area contributed by atoms with Crippen LogP contribution < -0.4 is 5.32 Å². The Kier molecular flexibility index (Phi) is 7.26. The monoisotopic (exact) mass is 447 g/mol. The molecule has 0 unspecified atom stereocenters. The molecular formula is C23H24F3N3O3. The van der Waals surface area contributed by atoms with Gasteiger partial charge in [0.2, 0.25) is 5.91 Å². The molecule has 6 nitrogen and oxygen atoms in total. The molecule has 0 radical (unpaired) electrons. The molecule has 2 aromatic rings. The van der Waals surface area contributed by atoms with Gasteiger partial charge in [-0.1, -0.05) is 17.9 Å². The molecule has 1 N–H and O–H groups in total. The summed E-state index contributed by atoms with van der Waals surface area (Å²) in [6.07, 6.45) is -4.42. The van der Waals surface area contributed by atoms with Gasteiger partial charge < -0.3 is 14.6 Å². The van der Waals surface area contributed by atoms with Gasteiger partial charge >= 0.3 is 6.18 Å². The molecule has 0 saturated carbocycles. The van der Waals surface area contributed by atoms with Gasteiger partial charge in [-0.3, -0.25) is 14.5 Å². The number of rotatable bonds is 4. The molecule has 1 aromatic heterocycles. The topological polar surface area (TPSA) is 65.8 Å². The molecule has 2 heterocycles. The van der Waals surface area contributed by atoms with Crippen LogP contribution in [0.1, 0.15) is 33.0 Å². The van der Waals surface area contributed by atoms with Gasteiger partial charge in [-0.25, -0.2) is 0 Å². The van der Waals surface area contributed by atoms with Crippen molar-refractivity contribution in [3.05, 3.63) is 58.5 Å². The number of alkyl halides is 3. The van der Waals surface area contributed by atoms with Crippen molar-refractivity contribution in [1.82, 2.24) is 15.1 Å². The molecule has 0 bridgehead atoms. The predicted molar refractivity (Wildman–Crippen MR) is 112 cm³/mol. The number of carbonyl (C=O) groups is 2. The Labute approximate surface area is 184 Å². The van der Waals surface area contributed by atoms with E-state index in [1.807, 2.05) is 4.90 Å². The van der Waals surface area contributed by atoms with Crippen molar-refractivity contribution in [2.24, 2.45) is 0 Å². The number of nitrogens with zero attached hydrogens (tertiary/aromatic N) is 2. The highest BCUT2D eigenvalue weighted by Crippen LogP contribution is 2.29. The Morgan fingerprint density at radius 2 is 1.84 bits per heavy atom. The van der Waals surface area contributed by atoms with Crippen LogP contribution in [-0.4, -0.2) is 60.9 Å². The summed E-state index contributed by atoms with van der Waals surface area (Å²) in [5, 5.41) is 2.65. The fraction of sp³-hybridized carbons (Fsp3) is 0.391. The second-order valence-electron chi connectivity index (χ2n) is 7.55. The number of carbonyl (C=O) groups excluding carboxylic acids is 2. The minimum Gasteiger partial charge on any atom is -0.466 e. The lowest BCUT2D eigenvalue weighted by molar-refractivity contribution is -0.137. The van der Waals surface area contributed by atoms with E-state index in [2.05, 4.69) is 17.2 Å². The van der Waals surface area contributed by atoms with E-state index >= 15 is 0 Å². The van der Waals surface area contributed by atoms with Crippen LogP contribution in [0.5, 0.6) is 0 Å². The van der Waals surface area contributed by atoms with E-state index in [0.29, 0.717) is 43.3 Å². The van der Waals surface area contributed by atoms with Crippen LogP contribution in [0.15, 0.2) is 34.7 Å². The van der Waals surface area contributed by atoms with Gasteiger partial charge in [-0.2, -0.15) is 13.2 Å². The average molecular weight is 447 g/mol. The number of furan rings is 1. The lowest BCUT2D eigenvalue weighted by atomic mass is 10.1. The summed E-state index contributed by atoms with van der Waals surface area (Å²) in [6, 6.07) is 6.47. The molecule has 1 aliphatic rings. The van der Waals surface area contributed by atoms with Crippen molar-refractivity contribution in [2.45, 2.75) is 20.0 Å². The summed E-state index contributed by atoms with van der Waals surface area (Å²) in [5.74, 6) is 6.27. The molecule has 1 aromatic carbocycles. The zero-order chi connectivity index (χ0) is 23.3. The minimum atomic E-state index is -4.42. The molecular weight excluding hydrogens is 423 g/mol. The maximum atomic E-state index is 12.7. The Balaban J connectivity index is 1.42. The maximum Gasteiger partial charge on any atom is 0.416 e. The zero-order valence-electron chi connectivity index (χ0n) is 17.9. The molecule has 0 atom stereocenters. The summed E-state index contributed by atoms with van der Waals surface area (Å²) in [4.78, 5) is 28.4. The van der Waals surface area contributed by atoms with Crippen molar-refractivity contribution < 1.29 is 27.2 Å². The number of amides is 2. The second-order valence-corrected chi connectivity index (χ2v) is 7.55. The highest BCUT2D eigenvalue weighted by atomic mass is 19.4. The third kappa shape index (κ3) is 6.14. The molecule has 32 heavy (non-hydrogen) atoms. The molecule has 1 saturated heterocycles. The van der Waals surface area contributed by atoms with Crippen molar-refractivity contribution in [1.29, 1.82) is 0 Å². The van der Waals surface area contributed by atoms with E-state index in [-0.39, 0.29) is 30.5 Å². The summed E-state index contributed by atoms with van der Waals surface area (Å²) >= 11 is 0. The molecule has 2 amide bonds. The fourth-order valence-corrected chi connectivity index (χ4v) is 3.44. The molecule has 1 fully saturated rings. The number of benzene rings is 1. The Morgan fingerprint density at radius 3 is 2.47 bits per heavy atom.